The lowest BCUT2D eigenvalue weighted by Crippen LogP contribution is -2.00. The highest BCUT2D eigenvalue weighted by Gasteiger charge is 2.14. The van der Waals surface area contributed by atoms with Crippen LogP contribution < -0.4 is 9.47 Å². The number of benzene rings is 1. The summed E-state index contributed by atoms with van der Waals surface area (Å²) in [6.45, 7) is 0. The molecule has 22 heavy (non-hydrogen) atoms. The Hall–Kier alpha value is -2.29. The van der Waals surface area contributed by atoms with Gasteiger partial charge >= 0.3 is 0 Å². The maximum atomic E-state index is 12.2. The van der Waals surface area contributed by atoms with Crippen LogP contribution in [0.25, 0.3) is 6.08 Å². The van der Waals surface area contributed by atoms with Gasteiger partial charge < -0.3 is 9.47 Å². The Bertz CT molecular complexity index is 760. The molecule has 0 fully saturated rings. The second kappa shape index (κ2) is 7.12. The minimum absolute atomic E-state index is 0.0293. The van der Waals surface area contributed by atoms with Gasteiger partial charge in [0, 0.05) is 10.9 Å². The quantitative estimate of drug-likeness (QED) is 0.467. The van der Waals surface area contributed by atoms with Crippen molar-refractivity contribution in [1.82, 2.24) is 0 Å². The molecule has 1 heterocycles. The third-order valence-corrected chi connectivity index (χ3v) is 3.88. The minimum Gasteiger partial charge on any atom is -0.493 e. The summed E-state index contributed by atoms with van der Waals surface area (Å²) in [4.78, 5) is 12.2. The van der Waals surface area contributed by atoms with Crippen molar-refractivity contribution in [3.05, 3.63) is 50.7 Å². The maximum Gasteiger partial charge on any atom is 0.204 e. The Labute approximate surface area is 137 Å². The van der Waals surface area contributed by atoms with Crippen LogP contribution >= 0.6 is 22.9 Å². The highest BCUT2D eigenvalue weighted by atomic mass is 35.5. The van der Waals surface area contributed by atoms with Crippen LogP contribution in [-0.2, 0) is 0 Å². The van der Waals surface area contributed by atoms with Crippen molar-refractivity contribution >= 4 is 34.8 Å². The molecule has 1 aromatic heterocycles. The third-order valence-electron chi connectivity index (χ3n) is 2.92. The number of nitriles is 1. The average molecular weight is 334 g/mol. The van der Waals surface area contributed by atoms with E-state index < -0.39 is 0 Å². The molecule has 0 unspecified atom stereocenters. The molecule has 2 aromatic rings. The van der Waals surface area contributed by atoms with E-state index in [1.807, 2.05) is 6.07 Å². The summed E-state index contributed by atoms with van der Waals surface area (Å²) in [5.74, 6) is 0.514. The SMILES string of the molecule is COc1cc(C=C(C#N)C(=O)c2ccsc2)cc(Cl)c1OC. The van der Waals surface area contributed by atoms with Crippen molar-refractivity contribution in [2.24, 2.45) is 0 Å². The number of nitrogens with zero attached hydrogens (tertiary/aromatic N) is 1. The number of Topliss-reactive ketones (excluding diaryl/α,β-unsaturated/α-hetero) is 1. The van der Waals surface area contributed by atoms with Gasteiger partial charge in [0.25, 0.3) is 0 Å². The number of carbonyl (C=O) groups is 1. The van der Waals surface area contributed by atoms with Crippen LogP contribution in [0, 0.1) is 11.3 Å². The number of hydrogen-bond donors (Lipinski definition) is 0. The standard InChI is InChI=1S/C16H12ClNO3S/c1-20-14-7-10(6-13(17)16(14)21-2)5-12(8-18)15(19)11-3-4-22-9-11/h3-7,9H,1-2H3. The lowest BCUT2D eigenvalue weighted by Gasteiger charge is -2.10. The molecule has 0 amide bonds. The van der Waals surface area contributed by atoms with Gasteiger partial charge in [-0.15, -0.1) is 0 Å². The number of halogens is 1. The van der Waals surface area contributed by atoms with Crippen LogP contribution in [0.3, 0.4) is 0 Å². The molecular formula is C16H12ClNO3S. The lowest BCUT2D eigenvalue weighted by atomic mass is 10.0. The molecule has 0 aliphatic heterocycles. The van der Waals surface area contributed by atoms with E-state index in [2.05, 4.69) is 0 Å². The van der Waals surface area contributed by atoms with Crippen LogP contribution in [0.4, 0.5) is 0 Å². The van der Waals surface area contributed by atoms with Gasteiger partial charge in [-0.1, -0.05) is 11.6 Å². The van der Waals surface area contributed by atoms with Crippen LogP contribution in [0.15, 0.2) is 34.5 Å². The largest absolute Gasteiger partial charge is 0.493 e. The maximum absolute atomic E-state index is 12.2. The smallest absolute Gasteiger partial charge is 0.204 e. The Balaban J connectivity index is 2.45. The Kier molecular flexibility index (Phi) is 5.21. The first kappa shape index (κ1) is 16.1. The number of ether oxygens (including phenoxy) is 2. The topological polar surface area (TPSA) is 59.3 Å². The fourth-order valence-corrected chi connectivity index (χ4v) is 2.82. The summed E-state index contributed by atoms with van der Waals surface area (Å²) in [6.07, 6.45) is 1.48. The highest BCUT2D eigenvalue weighted by molar-refractivity contribution is 7.08. The summed E-state index contributed by atoms with van der Waals surface area (Å²) in [6, 6.07) is 6.87. The van der Waals surface area contributed by atoms with Crippen molar-refractivity contribution in [1.29, 1.82) is 5.26 Å². The average Bonchev–Trinajstić information content (AvgIpc) is 3.05. The molecule has 0 saturated carbocycles. The molecule has 2 rings (SSSR count). The fourth-order valence-electron chi connectivity index (χ4n) is 1.89. The zero-order chi connectivity index (χ0) is 16.1. The van der Waals surface area contributed by atoms with Crippen LogP contribution in [0.1, 0.15) is 15.9 Å². The molecule has 0 N–H and O–H groups in total. The number of ketones is 1. The zero-order valence-electron chi connectivity index (χ0n) is 11.9. The van der Waals surface area contributed by atoms with Gasteiger partial charge in [-0.05, 0) is 35.2 Å². The van der Waals surface area contributed by atoms with Gasteiger partial charge in [0.1, 0.15) is 11.6 Å². The van der Waals surface area contributed by atoms with E-state index in [0.717, 1.165) is 0 Å². The van der Waals surface area contributed by atoms with Gasteiger partial charge in [-0.3, -0.25) is 4.79 Å². The van der Waals surface area contributed by atoms with Crippen molar-refractivity contribution < 1.29 is 14.3 Å². The predicted molar refractivity (Wildman–Crippen MR) is 86.8 cm³/mol. The van der Waals surface area contributed by atoms with E-state index in [1.165, 1.54) is 31.6 Å². The fraction of sp³-hybridized carbons (Fsp3) is 0.125. The molecule has 0 spiro atoms. The van der Waals surface area contributed by atoms with Crippen LogP contribution in [-0.4, -0.2) is 20.0 Å². The summed E-state index contributed by atoms with van der Waals surface area (Å²) in [5.41, 5.74) is 1.11. The van der Waals surface area contributed by atoms with Crippen LogP contribution in [0.2, 0.25) is 5.02 Å². The van der Waals surface area contributed by atoms with E-state index in [4.69, 9.17) is 21.1 Å². The number of thiophene rings is 1. The van der Waals surface area contributed by atoms with Crippen molar-refractivity contribution in [2.75, 3.05) is 14.2 Å². The predicted octanol–water partition coefficient (Wildman–Crippen LogP) is 4.21. The second-order valence-electron chi connectivity index (χ2n) is 4.25. The Morgan fingerprint density at radius 1 is 1.36 bits per heavy atom. The Morgan fingerprint density at radius 2 is 2.14 bits per heavy atom. The van der Waals surface area contributed by atoms with Gasteiger partial charge in [0.05, 0.1) is 19.2 Å². The number of rotatable bonds is 5. The first-order valence-corrected chi connectivity index (χ1v) is 7.53. The monoisotopic (exact) mass is 333 g/mol. The normalized spacial score (nSPS) is 10.9. The third kappa shape index (κ3) is 3.30. The molecule has 6 heteroatoms. The number of hydrogen-bond acceptors (Lipinski definition) is 5. The van der Waals surface area contributed by atoms with Gasteiger partial charge in [0.15, 0.2) is 11.5 Å². The summed E-state index contributed by atoms with van der Waals surface area (Å²) in [7, 11) is 2.98. The zero-order valence-corrected chi connectivity index (χ0v) is 13.5. The molecule has 0 aliphatic rings. The summed E-state index contributed by atoms with van der Waals surface area (Å²) < 4.78 is 10.4. The van der Waals surface area contributed by atoms with Crippen molar-refractivity contribution in [3.8, 4) is 17.6 Å². The summed E-state index contributed by atoms with van der Waals surface area (Å²) in [5, 5.41) is 13.1. The molecule has 0 atom stereocenters. The Morgan fingerprint density at radius 3 is 2.68 bits per heavy atom. The molecule has 1 aromatic carbocycles. The van der Waals surface area contributed by atoms with Gasteiger partial charge in [0.2, 0.25) is 5.78 Å². The van der Waals surface area contributed by atoms with E-state index in [0.29, 0.717) is 27.6 Å². The number of methoxy groups -OCH3 is 2. The molecule has 0 saturated heterocycles. The molecule has 4 nitrogen and oxygen atoms in total. The van der Waals surface area contributed by atoms with E-state index >= 15 is 0 Å². The first-order valence-electron chi connectivity index (χ1n) is 6.21. The molecular weight excluding hydrogens is 322 g/mol. The number of carbonyl (C=O) groups excluding carboxylic acids is 1. The van der Waals surface area contributed by atoms with Crippen molar-refractivity contribution in [3.63, 3.8) is 0 Å². The van der Waals surface area contributed by atoms with Crippen molar-refractivity contribution in [2.45, 2.75) is 0 Å². The minimum atomic E-state index is -0.324. The van der Waals surface area contributed by atoms with E-state index in [1.54, 1.807) is 29.0 Å². The molecule has 0 radical (unpaired) electrons. The summed E-state index contributed by atoms with van der Waals surface area (Å²) >= 11 is 7.52. The second-order valence-corrected chi connectivity index (χ2v) is 5.44. The molecule has 0 aliphatic carbocycles. The molecule has 0 bridgehead atoms. The van der Waals surface area contributed by atoms with E-state index in [9.17, 15) is 10.1 Å². The highest BCUT2D eigenvalue weighted by Crippen LogP contribution is 2.36. The van der Waals surface area contributed by atoms with E-state index in [-0.39, 0.29) is 11.4 Å². The van der Waals surface area contributed by atoms with Gasteiger partial charge in [-0.25, -0.2) is 0 Å². The molecule has 112 valence electrons. The lowest BCUT2D eigenvalue weighted by molar-refractivity contribution is 0.104. The van der Waals surface area contributed by atoms with Gasteiger partial charge in [-0.2, -0.15) is 16.6 Å². The van der Waals surface area contributed by atoms with Crippen LogP contribution in [0.5, 0.6) is 11.5 Å². The first-order chi connectivity index (χ1) is 10.6. The number of allylic oxidation sites excluding steroid dienone is 1.